The molecule has 0 aliphatic rings. The second kappa shape index (κ2) is 11.5. The van der Waals surface area contributed by atoms with Crippen LogP contribution in [0.15, 0.2) is 52.3 Å². The fourth-order valence-electron chi connectivity index (χ4n) is 3.47. The number of aromatic nitrogens is 3. The molecule has 182 valence electrons. The molecule has 0 saturated carbocycles. The van der Waals surface area contributed by atoms with Crippen LogP contribution in [0.25, 0.3) is 11.1 Å². The molecule has 0 bridgehead atoms. The van der Waals surface area contributed by atoms with E-state index in [1.54, 1.807) is 18.4 Å². The first-order valence-corrected chi connectivity index (χ1v) is 13.5. The molecule has 1 N–H and O–H groups in total. The molecule has 0 unspecified atom stereocenters. The Hall–Kier alpha value is -3.15. The number of amides is 1. The van der Waals surface area contributed by atoms with Gasteiger partial charge in [0.15, 0.2) is 5.16 Å². The summed E-state index contributed by atoms with van der Waals surface area (Å²) in [5, 5.41) is 16.5. The van der Waals surface area contributed by atoms with Gasteiger partial charge in [-0.3, -0.25) is 4.79 Å². The Morgan fingerprint density at radius 2 is 1.91 bits per heavy atom. The standard InChI is InChI=1S/C24H24N4O4S3/c1-4-28-19(12-17-6-5-11-33-17)26-27-24(28)35-14-20(29)25-22-21(23(30)32-3)18(13-34-22)15-7-9-16(31-2)10-8-15/h5-11,13H,4,12,14H2,1-3H3,(H,25,29). The maximum absolute atomic E-state index is 12.8. The molecule has 0 saturated heterocycles. The molecule has 4 rings (SSSR count). The summed E-state index contributed by atoms with van der Waals surface area (Å²) in [4.78, 5) is 26.6. The predicted octanol–water partition coefficient (Wildman–Crippen LogP) is 5.20. The van der Waals surface area contributed by atoms with Crippen molar-refractivity contribution in [1.29, 1.82) is 0 Å². The number of methoxy groups -OCH3 is 2. The molecule has 35 heavy (non-hydrogen) atoms. The average molecular weight is 529 g/mol. The summed E-state index contributed by atoms with van der Waals surface area (Å²) in [5.74, 6) is 0.964. The van der Waals surface area contributed by atoms with Crippen LogP contribution in [0.3, 0.4) is 0 Å². The Labute approximate surface area is 215 Å². The number of hydrogen-bond acceptors (Lipinski definition) is 9. The first-order chi connectivity index (χ1) is 17.0. The number of nitrogens with zero attached hydrogens (tertiary/aromatic N) is 3. The fraction of sp³-hybridized carbons (Fsp3) is 0.250. The number of hydrogen-bond donors (Lipinski definition) is 1. The Bertz CT molecular complexity index is 1300. The third kappa shape index (κ3) is 5.75. The van der Waals surface area contributed by atoms with Gasteiger partial charge in [-0.05, 0) is 36.1 Å². The Balaban J connectivity index is 1.47. The van der Waals surface area contributed by atoms with Crippen molar-refractivity contribution in [2.24, 2.45) is 0 Å². The van der Waals surface area contributed by atoms with Gasteiger partial charge in [0.2, 0.25) is 5.91 Å². The minimum atomic E-state index is -0.510. The summed E-state index contributed by atoms with van der Waals surface area (Å²) in [6, 6.07) is 11.4. The minimum Gasteiger partial charge on any atom is -0.497 e. The van der Waals surface area contributed by atoms with Gasteiger partial charge in [-0.1, -0.05) is 30.0 Å². The molecular weight excluding hydrogens is 504 g/mol. The quantitative estimate of drug-likeness (QED) is 0.223. The predicted molar refractivity (Wildman–Crippen MR) is 140 cm³/mol. The zero-order chi connectivity index (χ0) is 24.8. The van der Waals surface area contributed by atoms with Crippen LogP contribution in [0.4, 0.5) is 5.00 Å². The van der Waals surface area contributed by atoms with E-state index in [2.05, 4.69) is 21.6 Å². The Kier molecular flexibility index (Phi) is 8.21. The van der Waals surface area contributed by atoms with E-state index in [0.29, 0.717) is 40.0 Å². The second-order valence-electron chi connectivity index (χ2n) is 7.31. The highest BCUT2D eigenvalue weighted by Crippen LogP contribution is 2.37. The van der Waals surface area contributed by atoms with E-state index in [0.717, 1.165) is 11.4 Å². The van der Waals surface area contributed by atoms with Crippen molar-refractivity contribution in [3.05, 3.63) is 63.4 Å². The monoisotopic (exact) mass is 528 g/mol. The van der Waals surface area contributed by atoms with E-state index in [1.165, 1.54) is 35.1 Å². The molecule has 4 aromatic rings. The van der Waals surface area contributed by atoms with Crippen molar-refractivity contribution in [3.8, 4) is 16.9 Å². The summed E-state index contributed by atoms with van der Waals surface area (Å²) < 4.78 is 12.2. The summed E-state index contributed by atoms with van der Waals surface area (Å²) in [6.07, 6.45) is 0.705. The van der Waals surface area contributed by atoms with Gasteiger partial charge in [0.1, 0.15) is 22.1 Å². The number of carbonyl (C=O) groups excluding carboxylic acids is 2. The smallest absolute Gasteiger partial charge is 0.341 e. The van der Waals surface area contributed by atoms with Crippen LogP contribution in [0.1, 0.15) is 28.0 Å². The SMILES string of the molecule is CCn1c(Cc2cccs2)nnc1SCC(=O)Nc1scc(-c2ccc(OC)cc2)c1C(=O)OC. The molecule has 0 aliphatic carbocycles. The van der Waals surface area contributed by atoms with Crippen LogP contribution in [-0.2, 0) is 22.5 Å². The van der Waals surface area contributed by atoms with Crippen LogP contribution in [0, 0.1) is 0 Å². The highest BCUT2D eigenvalue weighted by atomic mass is 32.2. The molecule has 0 fully saturated rings. The normalized spacial score (nSPS) is 10.8. The Morgan fingerprint density at radius 1 is 1.11 bits per heavy atom. The van der Waals surface area contributed by atoms with Crippen molar-refractivity contribution in [1.82, 2.24) is 14.8 Å². The van der Waals surface area contributed by atoms with E-state index < -0.39 is 5.97 Å². The van der Waals surface area contributed by atoms with Crippen molar-refractivity contribution in [3.63, 3.8) is 0 Å². The number of anilines is 1. The topological polar surface area (TPSA) is 95.3 Å². The number of thioether (sulfide) groups is 1. The van der Waals surface area contributed by atoms with Gasteiger partial charge in [-0.15, -0.1) is 32.9 Å². The van der Waals surface area contributed by atoms with Crippen LogP contribution in [0.5, 0.6) is 5.75 Å². The molecule has 3 heterocycles. The first kappa shape index (κ1) is 25.0. The lowest BCUT2D eigenvalue weighted by Crippen LogP contribution is -2.16. The molecule has 11 heteroatoms. The molecule has 8 nitrogen and oxygen atoms in total. The van der Waals surface area contributed by atoms with E-state index in [4.69, 9.17) is 9.47 Å². The molecular formula is C24H24N4O4S3. The fourth-order valence-corrected chi connectivity index (χ4v) is 5.97. The van der Waals surface area contributed by atoms with Gasteiger partial charge in [0.05, 0.1) is 20.0 Å². The van der Waals surface area contributed by atoms with Gasteiger partial charge in [0, 0.05) is 28.8 Å². The Morgan fingerprint density at radius 3 is 2.57 bits per heavy atom. The summed E-state index contributed by atoms with van der Waals surface area (Å²) >= 11 is 4.28. The number of thiophene rings is 2. The van der Waals surface area contributed by atoms with Crippen LogP contribution in [-0.4, -0.2) is 46.6 Å². The van der Waals surface area contributed by atoms with Gasteiger partial charge in [0.25, 0.3) is 0 Å². The van der Waals surface area contributed by atoms with Crippen LogP contribution in [0.2, 0.25) is 0 Å². The van der Waals surface area contributed by atoms with Crippen LogP contribution >= 0.6 is 34.4 Å². The van der Waals surface area contributed by atoms with E-state index >= 15 is 0 Å². The lowest BCUT2D eigenvalue weighted by Gasteiger charge is -2.09. The summed E-state index contributed by atoms with van der Waals surface area (Å²) in [5.41, 5.74) is 1.85. The molecule has 0 radical (unpaired) electrons. The number of ether oxygens (including phenoxy) is 2. The largest absolute Gasteiger partial charge is 0.497 e. The molecule has 1 aromatic carbocycles. The van der Waals surface area contributed by atoms with E-state index in [9.17, 15) is 9.59 Å². The van der Waals surface area contributed by atoms with E-state index in [1.807, 2.05) is 52.6 Å². The maximum Gasteiger partial charge on any atom is 0.341 e. The van der Waals surface area contributed by atoms with Gasteiger partial charge >= 0.3 is 5.97 Å². The number of benzene rings is 1. The molecule has 0 atom stereocenters. The third-order valence-electron chi connectivity index (χ3n) is 5.19. The second-order valence-corrected chi connectivity index (χ2v) is 10.2. The third-order valence-corrected chi connectivity index (χ3v) is 7.93. The number of rotatable bonds is 10. The first-order valence-electron chi connectivity index (χ1n) is 10.7. The molecule has 0 spiro atoms. The lowest BCUT2D eigenvalue weighted by molar-refractivity contribution is -0.113. The molecule has 1 amide bonds. The minimum absolute atomic E-state index is 0.132. The van der Waals surface area contributed by atoms with Gasteiger partial charge < -0.3 is 19.4 Å². The lowest BCUT2D eigenvalue weighted by atomic mass is 10.0. The summed E-state index contributed by atoms with van der Waals surface area (Å²) in [6.45, 7) is 2.74. The summed E-state index contributed by atoms with van der Waals surface area (Å²) in [7, 11) is 2.92. The van der Waals surface area contributed by atoms with Crippen molar-refractivity contribution in [2.75, 3.05) is 25.3 Å². The van der Waals surface area contributed by atoms with E-state index in [-0.39, 0.29) is 11.7 Å². The van der Waals surface area contributed by atoms with Crippen molar-refractivity contribution < 1.29 is 19.1 Å². The number of esters is 1. The molecule has 0 aliphatic heterocycles. The van der Waals surface area contributed by atoms with Crippen LogP contribution < -0.4 is 10.1 Å². The van der Waals surface area contributed by atoms with Crippen molar-refractivity contribution >= 4 is 51.3 Å². The zero-order valence-corrected chi connectivity index (χ0v) is 21.9. The van der Waals surface area contributed by atoms with Crippen molar-refractivity contribution in [2.45, 2.75) is 25.0 Å². The number of nitrogens with one attached hydrogen (secondary N) is 1. The average Bonchev–Trinajstić information content (AvgIpc) is 3.63. The molecule has 3 aromatic heterocycles. The van der Waals surface area contributed by atoms with Gasteiger partial charge in [-0.25, -0.2) is 4.79 Å². The maximum atomic E-state index is 12.8. The van der Waals surface area contributed by atoms with Gasteiger partial charge in [-0.2, -0.15) is 0 Å². The highest BCUT2D eigenvalue weighted by Gasteiger charge is 2.23. The zero-order valence-electron chi connectivity index (χ0n) is 19.4. The highest BCUT2D eigenvalue weighted by molar-refractivity contribution is 7.99. The number of carbonyl (C=O) groups is 2.